The maximum absolute atomic E-state index is 14.6. The van der Waals surface area contributed by atoms with Crippen molar-refractivity contribution in [3.05, 3.63) is 150 Å². The number of nitrogens with one attached hydrogen (secondary N) is 3. The topological polar surface area (TPSA) is 173 Å². The number of fused-ring (bicyclic) bond motifs is 1. The molecule has 2 aromatic heterocycles. The molecule has 0 aliphatic rings. The number of aromatic amines is 1. The van der Waals surface area contributed by atoms with Crippen LogP contribution in [0.1, 0.15) is 22.3 Å². The highest BCUT2D eigenvalue weighted by molar-refractivity contribution is 7.58. The van der Waals surface area contributed by atoms with Crippen molar-refractivity contribution in [2.45, 2.75) is 37.7 Å². The van der Waals surface area contributed by atoms with Gasteiger partial charge in [-0.3, -0.25) is 9.36 Å². The van der Waals surface area contributed by atoms with Crippen molar-refractivity contribution in [3.63, 3.8) is 0 Å². The van der Waals surface area contributed by atoms with E-state index in [9.17, 15) is 23.8 Å². The molecule has 278 valence electrons. The van der Waals surface area contributed by atoms with Gasteiger partial charge in [-0.05, 0) is 29.2 Å². The van der Waals surface area contributed by atoms with E-state index in [2.05, 4.69) is 20.8 Å². The fraction of sp³-hybridized carbons (Fsp3) is 0.220. The summed E-state index contributed by atoms with van der Waals surface area (Å²) in [6.45, 7) is -0.0490. The lowest BCUT2D eigenvalue weighted by Crippen LogP contribution is -2.47. The number of esters is 1. The van der Waals surface area contributed by atoms with Crippen molar-refractivity contribution in [2.75, 3.05) is 13.3 Å². The molecule has 2 unspecified atom stereocenters. The molecule has 6 rings (SSSR count). The lowest BCUT2D eigenvalue weighted by atomic mass is 9.97. The van der Waals surface area contributed by atoms with Crippen molar-refractivity contribution in [2.24, 2.45) is 5.92 Å². The Labute approximate surface area is 312 Å². The number of carbonyl (C=O) groups is 3. The molecule has 4 N–H and O–H groups in total. The molecule has 0 spiro atoms. The third kappa shape index (κ3) is 9.71. The van der Waals surface area contributed by atoms with Gasteiger partial charge in [0.25, 0.3) is 0 Å². The molecule has 4 atom stereocenters. The second kappa shape index (κ2) is 17.7. The van der Waals surface area contributed by atoms with Crippen LogP contribution in [0, 0.1) is 5.92 Å². The van der Waals surface area contributed by atoms with Crippen LogP contribution in [0.5, 0.6) is 0 Å². The number of para-hydroxylation sites is 1. The summed E-state index contributed by atoms with van der Waals surface area (Å²) < 4.78 is 30.4. The van der Waals surface area contributed by atoms with Gasteiger partial charge in [0.1, 0.15) is 30.4 Å². The SMILES string of the molecule is COC(=O)[C@H](Cc1c[nH]c2ccccc12)NC(=O)C(Cc1conc1-c1ccccc1)CP(=O)(O)[C@H](Cc1ccccc1)NC(=O)OCc1ccccc1. The van der Waals surface area contributed by atoms with Crippen LogP contribution in [0.3, 0.4) is 0 Å². The first-order valence-corrected chi connectivity index (χ1v) is 19.4. The van der Waals surface area contributed by atoms with Crippen LogP contribution in [-0.4, -0.2) is 58.1 Å². The van der Waals surface area contributed by atoms with Crippen LogP contribution in [0.25, 0.3) is 22.2 Å². The Morgan fingerprint density at radius 3 is 2.17 bits per heavy atom. The number of amides is 2. The van der Waals surface area contributed by atoms with E-state index in [1.807, 2.05) is 78.9 Å². The molecule has 13 heteroatoms. The quantitative estimate of drug-likeness (QED) is 0.0625. The number of benzene rings is 4. The van der Waals surface area contributed by atoms with Gasteiger partial charge in [0.05, 0.1) is 13.0 Å². The highest BCUT2D eigenvalue weighted by Gasteiger charge is 2.39. The van der Waals surface area contributed by atoms with E-state index in [-0.39, 0.29) is 25.9 Å². The summed E-state index contributed by atoms with van der Waals surface area (Å²) in [7, 11) is -3.21. The maximum atomic E-state index is 14.6. The summed E-state index contributed by atoms with van der Waals surface area (Å²) in [5.74, 6) is -3.85. The zero-order valence-electron chi connectivity index (χ0n) is 29.6. The van der Waals surface area contributed by atoms with Gasteiger partial charge in [0.2, 0.25) is 13.3 Å². The normalized spacial score (nSPS) is 14.0. The summed E-state index contributed by atoms with van der Waals surface area (Å²) in [5, 5.41) is 10.5. The number of ether oxygens (including phenoxy) is 2. The predicted octanol–water partition coefficient (Wildman–Crippen LogP) is 6.65. The fourth-order valence-corrected chi connectivity index (χ4v) is 8.35. The van der Waals surface area contributed by atoms with Crippen molar-refractivity contribution >= 4 is 36.2 Å². The van der Waals surface area contributed by atoms with E-state index in [0.717, 1.165) is 27.6 Å². The minimum absolute atomic E-state index is 0.0166. The van der Waals surface area contributed by atoms with Crippen LogP contribution in [0.2, 0.25) is 0 Å². The molecule has 0 saturated carbocycles. The molecule has 4 aromatic carbocycles. The van der Waals surface area contributed by atoms with Gasteiger partial charge in [-0.1, -0.05) is 114 Å². The van der Waals surface area contributed by atoms with E-state index in [1.54, 1.807) is 42.6 Å². The number of methoxy groups -OCH3 is 1. The van der Waals surface area contributed by atoms with Crippen LogP contribution in [-0.2, 0) is 49.5 Å². The number of rotatable bonds is 16. The second-order valence-electron chi connectivity index (χ2n) is 13.0. The molecule has 0 radical (unpaired) electrons. The standard InChI is InChI=1S/C41H41N4O8P/c1-51-40(47)36(23-31-24-42-35-20-12-11-19-34(31)35)43-39(46)33(22-32-26-53-45-38(32)30-17-9-4-10-18-30)27-54(49,50)37(21-28-13-5-2-6-14-28)44-41(48)52-25-29-15-7-3-8-16-29/h2-20,24,26,33,36-37,42H,21-23,25,27H2,1H3,(H,43,46)(H,44,48)(H,49,50)/t33?,36-,37+/m0/s1. The van der Waals surface area contributed by atoms with E-state index >= 15 is 0 Å². The number of carbonyl (C=O) groups excluding carboxylic acids is 3. The molecule has 0 aliphatic carbocycles. The lowest BCUT2D eigenvalue weighted by Gasteiger charge is -2.28. The highest BCUT2D eigenvalue weighted by Crippen LogP contribution is 2.49. The van der Waals surface area contributed by atoms with Gasteiger partial charge < -0.3 is 34.5 Å². The molecule has 2 heterocycles. The molecule has 0 bridgehead atoms. The number of alkyl carbamates (subject to hydrolysis) is 1. The van der Waals surface area contributed by atoms with Crippen molar-refractivity contribution in [1.29, 1.82) is 0 Å². The van der Waals surface area contributed by atoms with E-state index in [1.165, 1.54) is 13.4 Å². The minimum Gasteiger partial charge on any atom is -0.467 e. The van der Waals surface area contributed by atoms with Crippen molar-refractivity contribution < 1.29 is 37.8 Å². The minimum atomic E-state index is -4.44. The molecular formula is C41H41N4O8P. The first-order chi connectivity index (χ1) is 26.2. The molecule has 6 aromatic rings. The van der Waals surface area contributed by atoms with E-state index in [4.69, 9.17) is 14.0 Å². The van der Waals surface area contributed by atoms with E-state index < -0.39 is 49.2 Å². The maximum Gasteiger partial charge on any atom is 0.408 e. The zero-order chi connectivity index (χ0) is 37.9. The predicted molar refractivity (Wildman–Crippen MR) is 203 cm³/mol. The molecule has 2 amide bonds. The average molecular weight is 749 g/mol. The number of hydrogen-bond acceptors (Lipinski definition) is 8. The lowest BCUT2D eigenvalue weighted by molar-refractivity contribution is -0.145. The smallest absolute Gasteiger partial charge is 0.408 e. The largest absolute Gasteiger partial charge is 0.467 e. The van der Waals surface area contributed by atoms with Crippen molar-refractivity contribution in [3.8, 4) is 11.3 Å². The average Bonchev–Trinajstić information content (AvgIpc) is 3.84. The van der Waals surface area contributed by atoms with Crippen LogP contribution in [0.15, 0.2) is 132 Å². The van der Waals surface area contributed by atoms with Crippen LogP contribution >= 0.6 is 7.37 Å². The Hall–Kier alpha value is -5.97. The molecule has 12 nitrogen and oxygen atoms in total. The number of nitrogens with zero attached hydrogens (tertiary/aromatic N) is 1. The highest BCUT2D eigenvalue weighted by atomic mass is 31.2. The van der Waals surface area contributed by atoms with E-state index in [0.29, 0.717) is 16.8 Å². The molecule has 54 heavy (non-hydrogen) atoms. The Kier molecular flexibility index (Phi) is 12.4. The van der Waals surface area contributed by atoms with Gasteiger partial charge in [0.15, 0.2) is 0 Å². The van der Waals surface area contributed by atoms with Crippen LogP contribution in [0.4, 0.5) is 4.79 Å². The summed E-state index contributed by atoms with van der Waals surface area (Å²) >= 11 is 0. The summed E-state index contributed by atoms with van der Waals surface area (Å²) in [5.41, 5.74) is 4.78. The summed E-state index contributed by atoms with van der Waals surface area (Å²) in [6, 6.07) is 33.7. The number of aromatic nitrogens is 2. The summed E-state index contributed by atoms with van der Waals surface area (Å²) in [6.07, 6.45) is 1.74. The van der Waals surface area contributed by atoms with Gasteiger partial charge in [-0.15, -0.1) is 0 Å². The molecule has 0 fully saturated rings. The fourth-order valence-electron chi connectivity index (χ4n) is 6.36. The number of H-pyrrole nitrogens is 1. The summed E-state index contributed by atoms with van der Waals surface area (Å²) in [4.78, 5) is 55.7. The monoisotopic (exact) mass is 748 g/mol. The second-order valence-corrected chi connectivity index (χ2v) is 15.5. The van der Waals surface area contributed by atoms with Gasteiger partial charge >= 0.3 is 12.1 Å². The number of hydrogen-bond donors (Lipinski definition) is 4. The Bertz CT molecular complexity index is 2210. The Balaban J connectivity index is 1.29. The van der Waals surface area contributed by atoms with Crippen molar-refractivity contribution in [1.82, 2.24) is 20.8 Å². The zero-order valence-corrected chi connectivity index (χ0v) is 30.5. The Morgan fingerprint density at radius 1 is 0.815 bits per heavy atom. The Morgan fingerprint density at radius 2 is 1.46 bits per heavy atom. The third-order valence-electron chi connectivity index (χ3n) is 9.17. The van der Waals surface area contributed by atoms with Gasteiger partial charge in [0, 0.05) is 47.2 Å². The van der Waals surface area contributed by atoms with Gasteiger partial charge in [-0.25, -0.2) is 9.59 Å². The molecular weight excluding hydrogens is 707 g/mol. The molecule has 0 saturated heterocycles. The van der Waals surface area contributed by atoms with Crippen LogP contribution < -0.4 is 10.6 Å². The third-order valence-corrected chi connectivity index (χ3v) is 11.4. The van der Waals surface area contributed by atoms with Gasteiger partial charge in [-0.2, -0.15) is 0 Å². The first-order valence-electron chi connectivity index (χ1n) is 17.4. The molecule has 0 aliphatic heterocycles. The first kappa shape index (κ1) is 37.8.